The van der Waals surface area contributed by atoms with Crippen molar-refractivity contribution in [3.63, 3.8) is 0 Å². The molecule has 0 radical (unpaired) electrons. The molecule has 23 heavy (non-hydrogen) atoms. The maximum Gasteiger partial charge on any atom is 0.242 e. The number of fused-ring (bicyclic) bond motifs is 1. The van der Waals surface area contributed by atoms with Gasteiger partial charge >= 0.3 is 0 Å². The second kappa shape index (κ2) is 5.64. The number of hydrogen-bond acceptors (Lipinski definition) is 3. The van der Waals surface area contributed by atoms with E-state index in [0.717, 1.165) is 42.7 Å². The van der Waals surface area contributed by atoms with Crippen LogP contribution in [-0.2, 0) is 11.3 Å². The van der Waals surface area contributed by atoms with Crippen LogP contribution in [0.4, 0.5) is 0 Å². The van der Waals surface area contributed by atoms with Gasteiger partial charge in [0.25, 0.3) is 0 Å². The van der Waals surface area contributed by atoms with Gasteiger partial charge < -0.3 is 14.6 Å². The summed E-state index contributed by atoms with van der Waals surface area (Å²) in [5, 5.41) is 10.0. The van der Waals surface area contributed by atoms with Gasteiger partial charge in [-0.25, -0.2) is 4.98 Å². The van der Waals surface area contributed by atoms with Gasteiger partial charge in [0.2, 0.25) is 5.91 Å². The molecule has 1 saturated carbocycles. The van der Waals surface area contributed by atoms with Gasteiger partial charge in [0.1, 0.15) is 12.4 Å². The lowest BCUT2D eigenvalue weighted by Gasteiger charge is -2.34. The number of aliphatic hydroxyl groups is 1. The molecule has 1 saturated heterocycles. The zero-order chi connectivity index (χ0) is 16.0. The number of para-hydroxylation sites is 2. The van der Waals surface area contributed by atoms with Crippen molar-refractivity contribution in [2.75, 3.05) is 13.1 Å². The summed E-state index contributed by atoms with van der Waals surface area (Å²) in [6.07, 6.45) is 2.79. The summed E-state index contributed by atoms with van der Waals surface area (Å²) >= 11 is 0. The van der Waals surface area contributed by atoms with Crippen molar-refractivity contribution in [2.24, 2.45) is 5.92 Å². The number of likely N-dealkylation sites (tertiary alicyclic amines) is 1. The van der Waals surface area contributed by atoms with E-state index in [0.29, 0.717) is 19.0 Å². The number of carbonyl (C=O) groups excluding carboxylic acids is 1. The minimum atomic E-state index is -0.407. The number of β-amino-alcohol motifs (C(OH)–C–C–N with tert-alkyl or cyclic N) is 1. The van der Waals surface area contributed by atoms with Crippen molar-refractivity contribution in [2.45, 2.75) is 44.8 Å². The molecule has 122 valence electrons. The van der Waals surface area contributed by atoms with Crippen LogP contribution in [0.1, 0.15) is 37.9 Å². The molecule has 5 heteroatoms. The Bertz CT molecular complexity index is 735. The van der Waals surface area contributed by atoms with Crippen LogP contribution in [0.3, 0.4) is 0 Å². The Morgan fingerprint density at radius 3 is 2.83 bits per heavy atom. The first-order chi connectivity index (χ1) is 11.1. The van der Waals surface area contributed by atoms with Gasteiger partial charge in [0.15, 0.2) is 0 Å². The van der Waals surface area contributed by atoms with Crippen LogP contribution in [0.15, 0.2) is 24.3 Å². The highest BCUT2D eigenvalue weighted by Gasteiger charge is 2.32. The molecule has 2 heterocycles. The van der Waals surface area contributed by atoms with Crippen molar-refractivity contribution in [3.05, 3.63) is 30.1 Å². The summed E-state index contributed by atoms with van der Waals surface area (Å²) in [6, 6.07) is 8.03. The highest BCUT2D eigenvalue weighted by molar-refractivity contribution is 5.81. The first-order valence-corrected chi connectivity index (χ1v) is 8.54. The lowest BCUT2D eigenvalue weighted by atomic mass is 9.96. The van der Waals surface area contributed by atoms with E-state index in [1.54, 1.807) is 4.90 Å². The summed E-state index contributed by atoms with van der Waals surface area (Å²) in [7, 11) is 0. The molecule has 1 aliphatic carbocycles. The van der Waals surface area contributed by atoms with E-state index in [-0.39, 0.29) is 11.8 Å². The van der Waals surface area contributed by atoms with E-state index >= 15 is 0 Å². The number of imidazole rings is 1. The molecule has 2 atom stereocenters. The second-order valence-corrected chi connectivity index (χ2v) is 6.99. The molecule has 2 aliphatic rings. The Hall–Kier alpha value is -1.88. The quantitative estimate of drug-likeness (QED) is 0.944. The molecule has 2 aromatic rings. The molecule has 2 unspecified atom stereocenters. The number of nitrogens with zero attached hydrogens (tertiary/aromatic N) is 3. The minimum Gasteiger partial charge on any atom is -0.391 e. The van der Waals surface area contributed by atoms with E-state index in [4.69, 9.17) is 4.98 Å². The lowest BCUT2D eigenvalue weighted by Crippen LogP contribution is -2.47. The minimum absolute atomic E-state index is 0.0843. The Kier molecular flexibility index (Phi) is 3.60. The van der Waals surface area contributed by atoms with Crippen LogP contribution in [-0.4, -0.2) is 44.7 Å². The average molecular weight is 313 g/mol. The number of piperidine rings is 1. The number of amides is 1. The fourth-order valence-electron chi connectivity index (χ4n) is 3.42. The van der Waals surface area contributed by atoms with Crippen LogP contribution in [0, 0.1) is 5.92 Å². The maximum atomic E-state index is 12.7. The molecule has 1 N–H and O–H groups in total. The third-order valence-corrected chi connectivity index (χ3v) is 5.19. The van der Waals surface area contributed by atoms with Gasteiger partial charge in [0, 0.05) is 19.0 Å². The Morgan fingerprint density at radius 1 is 1.30 bits per heavy atom. The van der Waals surface area contributed by atoms with Gasteiger partial charge in [-0.05, 0) is 37.3 Å². The van der Waals surface area contributed by atoms with E-state index in [1.165, 1.54) is 0 Å². The molecule has 1 aromatic carbocycles. The third-order valence-electron chi connectivity index (χ3n) is 5.19. The molecule has 1 aliphatic heterocycles. The molecule has 1 aromatic heterocycles. The van der Waals surface area contributed by atoms with Gasteiger partial charge in [-0.15, -0.1) is 0 Å². The number of hydrogen-bond donors (Lipinski definition) is 1. The van der Waals surface area contributed by atoms with Gasteiger partial charge in [-0.2, -0.15) is 0 Å². The van der Waals surface area contributed by atoms with Crippen molar-refractivity contribution in [1.29, 1.82) is 0 Å². The summed E-state index contributed by atoms with van der Waals surface area (Å²) in [5.41, 5.74) is 2.00. The van der Waals surface area contributed by atoms with Gasteiger partial charge in [0.05, 0.1) is 17.1 Å². The summed E-state index contributed by atoms with van der Waals surface area (Å²) < 4.78 is 2.08. The standard InChI is InChI=1S/C18H23N3O2/c1-12-8-9-20(10-16(12)22)17(23)11-21-15-5-3-2-4-14(15)19-18(21)13-6-7-13/h2-5,12-13,16,22H,6-11H2,1H3. The highest BCUT2D eigenvalue weighted by Crippen LogP contribution is 2.40. The van der Waals surface area contributed by atoms with Crippen LogP contribution in [0.5, 0.6) is 0 Å². The predicted octanol–water partition coefficient (Wildman–Crippen LogP) is 2.14. The van der Waals surface area contributed by atoms with Crippen LogP contribution in [0.2, 0.25) is 0 Å². The summed E-state index contributed by atoms with van der Waals surface area (Å²) in [6.45, 7) is 3.56. The van der Waals surface area contributed by atoms with E-state index in [9.17, 15) is 9.90 Å². The van der Waals surface area contributed by atoms with Crippen LogP contribution in [0.25, 0.3) is 11.0 Å². The third kappa shape index (κ3) is 2.74. The van der Waals surface area contributed by atoms with E-state index < -0.39 is 6.10 Å². The van der Waals surface area contributed by atoms with E-state index in [2.05, 4.69) is 4.57 Å². The Labute approximate surface area is 135 Å². The topological polar surface area (TPSA) is 58.4 Å². The Morgan fingerprint density at radius 2 is 2.09 bits per heavy atom. The molecule has 2 fully saturated rings. The molecule has 5 nitrogen and oxygen atoms in total. The van der Waals surface area contributed by atoms with Crippen molar-refractivity contribution in [3.8, 4) is 0 Å². The SMILES string of the molecule is CC1CCN(C(=O)Cn2c(C3CC3)nc3ccccc32)CC1O. The number of aromatic nitrogens is 2. The average Bonchev–Trinajstić information content (AvgIpc) is 3.33. The fraction of sp³-hybridized carbons (Fsp3) is 0.556. The Balaban J connectivity index is 1.59. The summed E-state index contributed by atoms with van der Waals surface area (Å²) in [4.78, 5) is 19.3. The number of rotatable bonds is 3. The highest BCUT2D eigenvalue weighted by atomic mass is 16.3. The first kappa shape index (κ1) is 14.7. The molecule has 4 rings (SSSR count). The van der Waals surface area contributed by atoms with Crippen molar-refractivity contribution < 1.29 is 9.90 Å². The predicted molar refractivity (Wildman–Crippen MR) is 88.1 cm³/mol. The van der Waals surface area contributed by atoms with Crippen molar-refractivity contribution in [1.82, 2.24) is 14.5 Å². The zero-order valence-electron chi connectivity index (χ0n) is 13.5. The molecular weight excluding hydrogens is 290 g/mol. The van der Waals surface area contributed by atoms with Crippen LogP contribution < -0.4 is 0 Å². The van der Waals surface area contributed by atoms with Gasteiger partial charge in [-0.3, -0.25) is 4.79 Å². The lowest BCUT2D eigenvalue weighted by molar-refractivity contribution is -0.136. The number of carbonyl (C=O) groups is 1. The van der Waals surface area contributed by atoms with Crippen LogP contribution >= 0.6 is 0 Å². The molecule has 0 spiro atoms. The second-order valence-electron chi connectivity index (χ2n) is 6.99. The molecule has 1 amide bonds. The maximum absolute atomic E-state index is 12.7. The monoisotopic (exact) mass is 313 g/mol. The number of aliphatic hydroxyl groups excluding tert-OH is 1. The normalized spacial score (nSPS) is 25.0. The van der Waals surface area contributed by atoms with Gasteiger partial charge in [-0.1, -0.05) is 19.1 Å². The van der Waals surface area contributed by atoms with Crippen molar-refractivity contribution >= 4 is 16.9 Å². The number of benzene rings is 1. The molecular formula is C18H23N3O2. The fourth-order valence-corrected chi connectivity index (χ4v) is 3.42. The smallest absolute Gasteiger partial charge is 0.242 e. The zero-order valence-corrected chi connectivity index (χ0v) is 13.5. The largest absolute Gasteiger partial charge is 0.391 e. The first-order valence-electron chi connectivity index (χ1n) is 8.54. The summed E-state index contributed by atoms with van der Waals surface area (Å²) in [5.74, 6) is 1.91. The van der Waals surface area contributed by atoms with E-state index in [1.807, 2.05) is 31.2 Å². The molecule has 0 bridgehead atoms.